The number of hydrogen-bond donors (Lipinski definition) is 6. The summed E-state index contributed by atoms with van der Waals surface area (Å²) >= 11 is 2.78. The Labute approximate surface area is 818 Å². The van der Waals surface area contributed by atoms with Crippen molar-refractivity contribution in [2.45, 2.75) is 89.3 Å². The number of thiazole rings is 2. The van der Waals surface area contributed by atoms with Gasteiger partial charge in [-0.3, -0.25) is 76.4 Å². The molecule has 7 aliphatic rings. The van der Waals surface area contributed by atoms with Gasteiger partial charge in [-0.25, -0.2) is 47.1 Å². The maximum absolute atomic E-state index is 13.3. The van der Waals surface area contributed by atoms with Crippen LogP contribution in [0.15, 0.2) is 230 Å². The van der Waals surface area contributed by atoms with Gasteiger partial charge in [-0.15, -0.1) is 22.7 Å². The number of aromatic nitrogens is 6. The number of alkyl halides is 1. The molecule has 19 rings (SSSR count). The summed E-state index contributed by atoms with van der Waals surface area (Å²) in [6.45, 7) is 14.9. The van der Waals surface area contributed by atoms with Crippen LogP contribution in [0.3, 0.4) is 0 Å². The number of carboxylic acids is 1. The Kier molecular flexibility index (Phi) is 44.5. The number of Topliss-reactive ketones (excluding diaryl/α,β-unsaturated/α-hetero) is 2. The van der Waals surface area contributed by atoms with Crippen molar-refractivity contribution in [1.29, 1.82) is 0 Å². The molecule has 6 amide bonds. The van der Waals surface area contributed by atoms with Gasteiger partial charge < -0.3 is 52.4 Å². The molecule has 0 unspecified atom stereocenters. The van der Waals surface area contributed by atoms with Gasteiger partial charge in [-0.2, -0.15) is 0 Å². The van der Waals surface area contributed by atoms with Gasteiger partial charge in [0.15, 0.2) is 21.6 Å². The fraction of sp³-hybridized carbons (Fsp3) is 0.278. The number of anilines is 9. The molecule has 8 aromatic carbocycles. The Morgan fingerprint density at radius 1 is 0.493 bits per heavy atom. The fourth-order valence-electron chi connectivity index (χ4n) is 14.6. The maximum atomic E-state index is 13.3. The number of piperazine rings is 2. The maximum Gasteiger partial charge on any atom is 1.00 e. The van der Waals surface area contributed by atoms with E-state index in [0.717, 1.165) is 80.5 Å². The third-order valence-corrected chi connectivity index (χ3v) is 22.8. The molecule has 4 saturated heterocycles. The Morgan fingerprint density at radius 3 is 1.18 bits per heavy atom. The van der Waals surface area contributed by atoms with Crippen molar-refractivity contribution in [3.63, 3.8) is 0 Å². The van der Waals surface area contributed by atoms with Crippen molar-refractivity contribution in [3.8, 4) is 0 Å². The first-order chi connectivity index (χ1) is 63.2. The number of fused-ring (bicyclic) bond motifs is 3. The molecule has 136 heavy (non-hydrogen) atoms. The van der Waals surface area contributed by atoms with Crippen LogP contribution in [0.4, 0.5) is 77.9 Å². The van der Waals surface area contributed by atoms with E-state index < -0.39 is 13.1 Å². The molecule has 8 N–H and O–H groups in total. The van der Waals surface area contributed by atoms with Gasteiger partial charge in [0.1, 0.15) is 35.9 Å². The second-order valence-corrected chi connectivity index (χ2v) is 31.4. The molecule has 4 fully saturated rings. The first-order valence-electron chi connectivity index (χ1n) is 41.3. The molecule has 39 heteroatoms. The molecule has 0 bridgehead atoms. The van der Waals surface area contributed by atoms with Crippen LogP contribution in [0.1, 0.15) is 137 Å². The van der Waals surface area contributed by atoms with Crippen molar-refractivity contribution in [2.75, 3.05) is 118 Å². The van der Waals surface area contributed by atoms with E-state index >= 15 is 0 Å². The first kappa shape index (κ1) is 111. The number of nitrogens with one attached hydrogen (secondary N) is 3. The summed E-state index contributed by atoms with van der Waals surface area (Å²) in [5.74, 6) is 2.00. The molecular weight excluding hydrogens is 1810 g/mol. The number of aromatic carboxylic acids is 1. The number of nitrogens with two attached hydrogens (primary N) is 1. The Hall–Kier alpha value is -13.3. The van der Waals surface area contributed by atoms with Crippen molar-refractivity contribution in [3.05, 3.63) is 309 Å². The van der Waals surface area contributed by atoms with Gasteiger partial charge in [-0.1, -0.05) is 37.1 Å². The number of benzene rings is 8. The van der Waals surface area contributed by atoms with Crippen LogP contribution in [0.25, 0.3) is 5.90 Å². The minimum absolute atomic E-state index is 0. The molecule has 0 radical (unpaired) electrons. The molecule has 12 aromatic rings. The number of nitrogens with zero attached hydrogens (tertiary/aromatic N) is 14. The van der Waals surface area contributed by atoms with Crippen molar-refractivity contribution in [1.82, 2.24) is 58.9 Å². The van der Waals surface area contributed by atoms with Crippen LogP contribution in [0, 0.1) is 23.3 Å². The number of imidazole rings is 2. The number of nitrogen functional groups attached to an aromatic ring is 1. The van der Waals surface area contributed by atoms with Crippen LogP contribution < -0.4 is 60.6 Å². The zero-order valence-electron chi connectivity index (χ0n) is 72.6. The van der Waals surface area contributed by atoms with Crippen LogP contribution in [0.5, 0.6) is 0 Å². The quantitative estimate of drug-likeness (QED) is 0.0205. The summed E-state index contributed by atoms with van der Waals surface area (Å²) < 4.78 is 70.2. The predicted octanol–water partition coefficient (Wildman–Crippen LogP) is 13.8. The van der Waals surface area contributed by atoms with Crippen LogP contribution >= 0.6 is 22.7 Å². The Morgan fingerprint density at radius 2 is 0.838 bits per heavy atom. The molecule has 0 saturated carbocycles. The zero-order valence-corrected chi connectivity index (χ0v) is 75.2. The van der Waals surface area contributed by atoms with Crippen molar-refractivity contribution < 1.29 is 116 Å². The van der Waals surface area contributed by atoms with E-state index in [1.54, 1.807) is 151 Å². The van der Waals surface area contributed by atoms with Crippen LogP contribution in [-0.2, 0) is 33.6 Å². The SMILES string of the molecule is C.C.C.C.C.CC(=O)c1ccc(Nc2ccc(F)cc2)c(N)c1.CC(=O)c1ccc2c(c1)CC(=O)N2c1ccc(F)cc1.CCO.O=C(O)c1ccc2c(c1)CC(=O)N2c1ccc(F)cc1.O=C(c1ccc2c(c1)CC(=O)N2c1ccc(F)cc1)N1CC(N2CCN(C(=O)c3nccs3)CC2)C1.O=C(c1nccs1)N1CCN(C2CNC2)CC1.O=C(n1ccnc1)n1ccnc1.[2H]CF.[NH-]O.[Na+]. The largest absolute Gasteiger partial charge is 1.00 e. The monoisotopic (exact) mass is 1920 g/mol. The van der Waals surface area contributed by atoms with Gasteiger partial charge in [-0.05, 0) is 207 Å². The Balaban J connectivity index is 0.000000292. The predicted molar refractivity (Wildman–Crippen MR) is 514 cm³/mol. The average Bonchev–Trinajstić information content (AvgIpc) is 1.63. The van der Waals surface area contributed by atoms with Crippen molar-refractivity contribution >= 4 is 133 Å². The number of carbonyl (C=O) groups excluding carboxylic acids is 9. The number of likely N-dealkylation sites (tertiary alicyclic amines) is 1. The number of aliphatic hydroxyl groups is 1. The van der Waals surface area contributed by atoms with Gasteiger partial charge in [0.25, 0.3) is 17.7 Å². The van der Waals surface area contributed by atoms with Gasteiger partial charge in [0, 0.05) is 185 Å². The average molecular weight is 1920 g/mol. The number of rotatable bonds is 13. The normalized spacial score (nSPS) is 14.2. The standard InChI is InChI=1S/C26H24FN5O3S.C16H12FNO2.C15H10FNO3.C14H13FN2O.C11H16N4OS.C7H6N4O.C2H6O.CH3F.5CH4.H2NO.Na/c27-19-2-4-20(5-3-19)32-22-6-1-17(13-18(22)14-23(32)33)25(34)31-15-21(16-31)29-8-10-30(11-9-29)26(35)24-28-7-12-36-24;1-10(19)11-2-7-15-12(8-11)9-16(20)18(15)14-5-3-13(17)4-6-14;16-11-2-4-12(5-3-11)17-13-6-1-9(15(19)20)7-10(13)8-14(17)18;1-9(18)10-2-7-14(13(16)8-10)17-12-5-3-11(15)4-6-12;16-11(10-13-1-6-17-10)15-4-2-14(3-5-15)9-7-12-8-9;12-7(10-3-1-8-5-10)11-4-2-9-6-11;1-2-3;1-2;;;;;;1-2;/h1-7,12-13,21H,8-11,14-16H2;2-8H,9H2,1H3;1-7H,8H2,(H,19,20);2-8,17H,16H2,1H3;1,6,9,12H,2-5,7-8H2;1-6H;3H,2H2,1H3;1H3;5*1H4;1-2H;/q;;;;;;;;;;;;;-1;+1/i;;;;;;;1D;;;;;;;. The smallest absolute Gasteiger partial charge is 0.553 e. The molecule has 0 spiro atoms. The van der Waals surface area contributed by atoms with Crippen molar-refractivity contribution in [2.24, 2.45) is 0 Å². The molecule has 716 valence electrons. The second kappa shape index (κ2) is 54.3. The zero-order chi connectivity index (χ0) is 94.0. The molecule has 7 aliphatic heterocycles. The molecule has 11 heterocycles. The van der Waals surface area contributed by atoms with E-state index in [9.17, 15) is 69.9 Å². The van der Waals surface area contributed by atoms with Crippen LogP contribution in [-0.4, -0.2) is 232 Å². The summed E-state index contributed by atoms with van der Waals surface area (Å²) in [6.07, 6.45) is 13.1. The number of carboxylic acid groups (broad SMARTS) is 1. The topological polar surface area (TPSA) is 393 Å². The molecule has 0 atom stereocenters. The third-order valence-electron chi connectivity index (χ3n) is 21.3. The molecule has 4 aromatic heterocycles. The fourth-order valence-corrected chi connectivity index (χ4v) is 15.8. The van der Waals surface area contributed by atoms with Gasteiger partial charge >= 0.3 is 41.6 Å². The number of hydrogen-bond acceptors (Lipinski definition) is 23. The van der Waals surface area contributed by atoms with E-state index in [4.69, 9.17) is 28.4 Å². The van der Waals surface area contributed by atoms with E-state index in [-0.39, 0.29) is 180 Å². The summed E-state index contributed by atoms with van der Waals surface area (Å²) in [4.78, 5) is 150. The minimum atomic E-state index is -1.03. The van der Waals surface area contributed by atoms with Gasteiger partial charge in [0.2, 0.25) is 17.7 Å². The van der Waals surface area contributed by atoms with E-state index in [2.05, 4.69) is 40.4 Å². The summed E-state index contributed by atoms with van der Waals surface area (Å²) in [7, 11) is -1.00. The third kappa shape index (κ3) is 28.9. The second-order valence-electron chi connectivity index (χ2n) is 29.6. The molecule has 0 aliphatic carbocycles. The number of carbonyl (C=O) groups is 10. The van der Waals surface area contributed by atoms with Crippen LogP contribution in [0.2, 0.25) is 0 Å². The summed E-state index contributed by atoms with van der Waals surface area (Å²) in [6, 6.07) is 44.2. The molecular formula is C97H112F5N18NaO13S2. The van der Waals surface area contributed by atoms with Gasteiger partial charge in [0.05, 0.1) is 61.8 Å². The van der Waals surface area contributed by atoms with E-state index in [1.165, 1.54) is 136 Å². The summed E-state index contributed by atoms with van der Waals surface area (Å²) in [5.41, 5.74) is 15.9. The minimum Gasteiger partial charge on any atom is -0.553 e. The van der Waals surface area contributed by atoms with E-state index in [0.29, 0.717) is 98.6 Å². The first-order valence-corrected chi connectivity index (χ1v) is 42.3. The Bertz CT molecular complexity index is 5760. The number of aliphatic hydroxyl groups excluding tert-OH is 1. The number of halogens is 5. The number of amides is 6. The van der Waals surface area contributed by atoms with E-state index in [1.807, 2.05) is 25.5 Å². The molecule has 31 nitrogen and oxygen atoms in total. The number of ketones is 2. The summed E-state index contributed by atoms with van der Waals surface area (Å²) in [5, 5.41) is 33.9.